The Bertz CT molecular complexity index is 702. The van der Waals surface area contributed by atoms with Crippen LogP contribution in [-0.2, 0) is 10.8 Å². The standard InChI is InChI=1S/C22H30Si/c1-21(2,3)15-9-11-17-18-12-10-16(22(4,5)6)14-20(18)23(7,8)19(17)13-15/h9-14H,1-8H3. The van der Waals surface area contributed by atoms with Gasteiger partial charge in [-0.15, -0.1) is 0 Å². The van der Waals surface area contributed by atoms with Gasteiger partial charge in [0.15, 0.2) is 0 Å². The fourth-order valence-electron chi connectivity index (χ4n) is 3.67. The third-order valence-electron chi connectivity index (χ3n) is 5.41. The van der Waals surface area contributed by atoms with E-state index in [0.29, 0.717) is 0 Å². The second kappa shape index (κ2) is 4.83. The molecule has 1 heteroatoms. The highest BCUT2D eigenvalue weighted by Crippen LogP contribution is 2.33. The van der Waals surface area contributed by atoms with Crippen molar-refractivity contribution in [2.24, 2.45) is 0 Å². The zero-order valence-electron chi connectivity index (χ0n) is 16.0. The third kappa shape index (κ3) is 2.59. The van der Waals surface area contributed by atoms with Crippen LogP contribution in [0.5, 0.6) is 0 Å². The van der Waals surface area contributed by atoms with Gasteiger partial charge in [0.25, 0.3) is 0 Å². The van der Waals surface area contributed by atoms with E-state index >= 15 is 0 Å². The molecule has 122 valence electrons. The molecule has 3 rings (SSSR count). The van der Waals surface area contributed by atoms with E-state index in [9.17, 15) is 0 Å². The number of hydrogen-bond donors (Lipinski definition) is 0. The molecular weight excluding hydrogens is 292 g/mol. The zero-order valence-corrected chi connectivity index (χ0v) is 17.0. The molecule has 2 aromatic rings. The Labute approximate surface area is 143 Å². The van der Waals surface area contributed by atoms with E-state index in [0.717, 1.165) is 0 Å². The van der Waals surface area contributed by atoms with Crippen LogP contribution in [0, 0.1) is 0 Å². The van der Waals surface area contributed by atoms with Crippen LogP contribution in [0.15, 0.2) is 36.4 Å². The van der Waals surface area contributed by atoms with Crippen molar-refractivity contribution in [3.05, 3.63) is 47.5 Å². The summed E-state index contributed by atoms with van der Waals surface area (Å²) >= 11 is 0. The highest BCUT2D eigenvalue weighted by atomic mass is 28.3. The van der Waals surface area contributed by atoms with Crippen molar-refractivity contribution in [1.82, 2.24) is 0 Å². The topological polar surface area (TPSA) is 0 Å². The normalized spacial score (nSPS) is 16.2. The lowest BCUT2D eigenvalue weighted by atomic mass is 9.85. The van der Waals surface area contributed by atoms with Crippen molar-refractivity contribution < 1.29 is 0 Å². The average Bonchev–Trinajstić information content (AvgIpc) is 2.65. The SMILES string of the molecule is CC(C)(C)c1ccc2c(c1)[Si](C)(C)c1cc(C(C)(C)C)ccc1-2. The summed E-state index contributed by atoms with van der Waals surface area (Å²) in [5, 5.41) is 3.23. The van der Waals surface area contributed by atoms with Crippen LogP contribution in [0.2, 0.25) is 13.1 Å². The van der Waals surface area contributed by atoms with Crippen LogP contribution in [0.25, 0.3) is 11.1 Å². The summed E-state index contributed by atoms with van der Waals surface area (Å²) in [7, 11) is -1.60. The van der Waals surface area contributed by atoms with E-state index in [2.05, 4.69) is 91.0 Å². The fraction of sp³-hybridized carbons (Fsp3) is 0.455. The van der Waals surface area contributed by atoms with Gasteiger partial charge in [-0.1, -0.05) is 91.0 Å². The van der Waals surface area contributed by atoms with Crippen LogP contribution >= 0.6 is 0 Å². The molecule has 0 nitrogen and oxygen atoms in total. The molecule has 0 bridgehead atoms. The highest BCUT2D eigenvalue weighted by Gasteiger charge is 2.38. The van der Waals surface area contributed by atoms with E-state index < -0.39 is 8.07 Å². The van der Waals surface area contributed by atoms with E-state index in [4.69, 9.17) is 0 Å². The maximum atomic E-state index is 2.51. The molecule has 0 saturated carbocycles. The summed E-state index contributed by atoms with van der Waals surface area (Å²) in [6, 6.07) is 14.4. The molecule has 1 aliphatic rings. The molecule has 2 aromatic carbocycles. The lowest BCUT2D eigenvalue weighted by Crippen LogP contribution is -2.49. The van der Waals surface area contributed by atoms with Gasteiger partial charge in [-0.25, -0.2) is 0 Å². The second-order valence-corrected chi connectivity index (χ2v) is 14.0. The van der Waals surface area contributed by atoms with Crippen LogP contribution in [-0.4, -0.2) is 8.07 Å². The summed E-state index contributed by atoms with van der Waals surface area (Å²) in [6.07, 6.45) is 0. The van der Waals surface area contributed by atoms with E-state index in [1.165, 1.54) is 22.3 Å². The molecule has 1 heterocycles. The molecule has 0 unspecified atom stereocenters. The van der Waals surface area contributed by atoms with Crippen molar-refractivity contribution in [2.45, 2.75) is 65.5 Å². The number of rotatable bonds is 0. The first-order chi connectivity index (χ1) is 10.4. The fourth-order valence-corrected chi connectivity index (χ4v) is 6.78. The average molecular weight is 323 g/mol. The minimum absolute atomic E-state index is 0.213. The highest BCUT2D eigenvalue weighted by molar-refractivity contribution is 7.03. The second-order valence-electron chi connectivity index (χ2n) is 9.65. The number of benzene rings is 2. The summed E-state index contributed by atoms with van der Waals surface area (Å²) in [5.41, 5.74) is 6.30. The van der Waals surface area contributed by atoms with E-state index in [-0.39, 0.29) is 10.8 Å². The molecule has 0 aliphatic carbocycles. The molecule has 1 aliphatic heterocycles. The molecule has 0 spiro atoms. The summed E-state index contributed by atoms with van der Waals surface area (Å²) < 4.78 is 0. The van der Waals surface area contributed by atoms with Gasteiger partial charge < -0.3 is 0 Å². The predicted octanol–water partition coefficient (Wildman–Crippen LogP) is 5.08. The van der Waals surface area contributed by atoms with Crippen molar-refractivity contribution in [1.29, 1.82) is 0 Å². The van der Waals surface area contributed by atoms with Crippen molar-refractivity contribution in [3.8, 4) is 11.1 Å². The minimum atomic E-state index is -1.60. The van der Waals surface area contributed by atoms with Crippen molar-refractivity contribution in [3.63, 3.8) is 0 Å². The Kier molecular flexibility index (Phi) is 3.47. The summed E-state index contributed by atoms with van der Waals surface area (Å²) in [6.45, 7) is 18.9. The summed E-state index contributed by atoms with van der Waals surface area (Å²) in [4.78, 5) is 0. The Morgan fingerprint density at radius 3 is 1.26 bits per heavy atom. The van der Waals surface area contributed by atoms with Crippen LogP contribution in [0.3, 0.4) is 0 Å². The number of hydrogen-bond acceptors (Lipinski definition) is 0. The monoisotopic (exact) mass is 322 g/mol. The predicted molar refractivity (Wildman–Crippen MR) is 106 cm³/mol. The van der Waals surface area contributed by atoms with Crippen molar-refractivity contribution in [2.75, 3.05) is 0 Å². The first kappa shape index (κ1) is 16.5. The van der Waals surface area contributed by atoms with Gasteiger partial charge in [0.1, 0.15) is 8.07 Å². The van der Waals surface area contributed by atoms with Crippen LogP contribution in [0.4, 0.5) is 0 Å². The largest absolute Gasteiger partial charge is 0.113 e. The number of fused-ring (bicyclic) bond motifs is 3. The molecule has 0 fully saturated rings. The quantitative estimate of drug-likeness (QED) is 0.593. The molecule has 0 aromatic heterocycles. The van der Waals surface area contributed by atoms with Gasteiger partial charge >= 0.3 is 0 Å². The van der Waals surface area contributed by atoms with Crippen LogP contribution < -0.4 is 10.4 Å². The first-order valence-electron chi connectivity index (χ1n) is 8.73. The maximum Gasteiger partial charge on any atom is 0.113 e. The first-order valence-corrected chi connectivity index (χ1v) is 11.7. The molecule has 0 saturated heterocycles. The Hall–Kier alpha value is -1.34. The molecular formula is C22H30Si. The molecule has 0 radical (unpaired) electrons. The maximum absolute atomic E-state index is 2.51. The Morgan fingerprint density at radius 1 is 0.609 bits per heavy atom. The minimum Gasteiger partial charge on any atom is -0.0616 e. The molecule has 0 amide bonds. The molecule has 23 heavy (non-hydrogen) atoms. The molecule has 0 N–H and O–H groups in total. The molecule has 0 atom stereocenters. The van der Waals surface area contributed by atoms with Gasteiger partial charge in [0, 0.05) is 0 Å². The van der Waals surface area contributed by atoms with E-state index in [1.54, 1.807) is 10.4 Å². The Morgan fingerprint density at radius 2 is 0.957 bits per heavy atom. The zero-order chi connectivity index (χ0) is 17.2. The van der Waals surface area contributed by atoms with E-state index in [1.807, 2.05) is 0 Å². The van der Waals surface area contributed by atoms with Crippen molar-refractivity contribution >= 4 is 18.4 Å². The lowest BCUT2D eigenvalue weighted by molar-refractivity contribution is 0.590. The van der Waals surface area contributed by atoms with Gasteiger partial charge in [0.2, 0.25) is 0 Å². The Balaban J connectivity index is 2.22. The van der Waals surface area contributed by atoms with Gasteiger partial charge in [-0.05, 0) is 43.5 Å². The van der Waals surface area contributed by atoms with Gasteiger partial charge in [-0.2, -0.15) is 0 Å². The lowest BCUT2D eigenvalue weighted by Gasteiger charge is -2.25. The third-order valence-corrected chi connectivity index (χ3v) is 8.93. The van der Waals surface area contributed by atoms with Gasteiger partial charge in [-0.3, -0.25) is 0 Å². The van der Waals surface area contributed by atoms with Gasteiger partial charge in [0.05, 0.1) is 0 Å². The smallest absolute Gasteiger partial charge is 0.0616 e. The van der Waals surface area contributed by atoms with Crippen LogP contribution in [0.1, 0.15) is 52.7 Å². The summed E-state index contributed by atoms with van der Waals surface area (Å²) in [5.74, 6) is 0.